The number of nitrogens with zero attached hydrogens (tertiary/aromatic N) is 1. The van der Waals surface area contributed by atoms with E-state index in [1.165, 1.54) is 7.11 Å². The van der Waals surface area contributed by atoms with Crippen LogP contribution in [0.15, 0.2) is 60.7 Å². The van der Waals surface area contributed by atoms with Crippen LogP contribution in [0.5, 0.6) is 11.5 Å². The van der Waals surface area contributed by atoms with E-state index in [0.29, 0.717) is 47.0 Å². The lowest BCUT2D eigenvalue weighted by Crippen LogP contribution is -2.47. The maximum atomic E-state index is 13.5. The number of aryl methyl sites for hydroxylation is 1. The van der Waals surface area contributed by atoms with Crippen LogP contribution in [0.2, 0.25) is 5.02 Å². The maximum absolute atomic E-state index is 13.5. The first kappa shape index (κ1) is 34.8. The first-order chi connectivity index (χ1) is 21.5. The molecule has 0 aromatic heterocycles. The van der Waals surface area contributed by atoms with E-state index in [1.54, 1.807) is 68.1 Å². The van der Waals surface area contributed by atoms with Gasteiger partial charge in [0.1, 0.15) is 17.1 Å². The quantitative estimate of drug-likeness (QED) is 0.240. The van der Waals surface area contributed by atoms with Gasteiger partial charge in [-0.05, 0) is 93.1 Å². The van der Waals surface area contributed by atoms with Gasteiger partial charge in [-0.15, -0.1) is 0 Å². The summed E-state index contributed by atoms with van der Waals surface area (Å²) in [5.74, 6) is 0.0965. The van der Waals surface area contributed by atoms with E-state index < -0.39 is 29.2 Å². The van der Waals surface area contributed by atoms with E-state index in [-0.39, 0.29) is 24.1 Å². The molecule has 4 rings (SSSR count). The van der Waals surface area contributed by atoms with E-state index in [9.17, 15) is 19.5 Å². The topological polar surface area (TPSA) is 114 Å². The molecule has 3 aromatic rings. The molecule has 2 atom stereocenters. The third-order valence-corrected chi connectivity index (χ3v) is 7.79. The number of carbonyl (C=O) groups is 3. The minimum atomic E-state index is -0.961. The summed E-state index contributed by atoms with van der Waals surface area (Å²) in [5, 5.41) is 14.5. The molecule has 0 heterocycles. The van der Waals surface area contributed by atoms with Gasteiger partial charge < -0.3 is 29.5 Å². The normalized spacial score (nSPS) is 15.3. The standard InChI is InChI=1S/C36H43ClN2O7/c1-35(2,3)33(42)38-27-16-25(32(41)44-7)19-30(20-27)45-29-14-12-22-11-13-28(17-24(22)18-29)39(34(43)46-36(4,5)6)21-31(40)23-9-8-10-26(37)15-23/h8-10,12,14-16,18-20,28,31,40H,11,13,17,21H2,1-7H3,(H,38,42)/t28-,31+/m0/s1. The molecule has 0 saturated heterocycles. The molecule has 1 aliphatic rings. The Morgan fingerprint density at radius 1 is 0.978 bits per heavy atom. The van der Waals surface area contributed by atoms with Crippen LogP contribution in [0.1, 0.15) is 81.1 Å². The molecule has 0 bridgehead atoms. The number of rotatable bonds is 8. The highest BCUT2D eigenvalue weighted by Gasteiger charge is 2.33. The number of aliphatic hydroxyl groups excluding tert-OH is 1. The summed E-state index contributed by atoms with van der Waals surface area (Å²) in [4.78, 5) is 40.1. The van der Waals surface area contributed by atoms with E-state index in [4.69, 9.17) is 25.8 Å². The molecule has 2 amide bonds. The largest absolute Gasteiger partial charge is 0.465 e. The van der Waals surface area contributed by atoms with Gasteiger partial charge in [-0.2, -0.15) is 0 Å². The van der Waals surface area contributed by atoms with Crippen molar-refractivity contribution in [1.82, 2.24) is 4.90 Å². The SMILES string of the molecule is COC(=O)c1cc(NC(=O)C(C)(C)C)cc(Oc2ccc3c(c2)C[C@@H](N(C[C@@H](O)c2cccc(Cl)c2)C(=O)OC(C)(C)C)CC3)c1. The van der Waals surface area contributed by atoms with Gasteiger partial charge in [-0.1, -0.05) is 50.6 Å². The molecule has 0 radical (unpaired) electrons. The summed E-state index contributed by atoms with van der Waals surface area (Å²) in [6, 6.07) is 17.2. The monoisotopic (exact) mass is 650 g/mol. The molecule has 0 unspecified atom stereocenters. The van der Waals surface area contributed by atoms with Crippen molar-refractivity contribution in [2.45, 2.75) is 78.6 Å². The van der Waals surface area contributed by atoms with Crippen LogP contribution < -0.4 is 10.1 Å². The minimum Gasteiger partial charge on any atom is -0.465 e. The van der Waals surface area contributed by atoms with Crippen LogP contribution in [0, 0.1) is 5.41 Å². The number of fused-ring (bicyclic) bond motifs is 1. The Hall–Kier alpha value is -4.08. The van der Waals surface area contributed by atoms with Crippen molar-refractivity contribution in [2.75, 3.05) is 19.0 Å². The highest BCUT2D eigenvalue weighted by atomic mass is 35.5. The molecule has 2 N–H and O–H groups in total. The van der Waals surface area contributed by atoms with Crippen molar-refractivity contribution >= 4 is 35.3 Å². The highest BCUT2D eigenvalue weighted by molar-refractivity contribution is 6.30. The lowest BCUT2D eigenvalue weighted by molar-refractivity contribution is -0.123. The van der Waals surface area contributed by atoms with Crippen molar-refractivity contribution in [1.29, 1.82) is 0 Å². The fourth-order valence-corrected chi connectivity index (χ4v) is 5.36. The average Bonchev–Trinajstić information content (AvgIpc) is 2.97. The van der Waals surface area contributed by atoms with Crippen LogP contribution in [-0.4, -0.2) is 53.3 Å². The Bertz CT molecular complexity index is 1590. The Morgan fingerprint density at radius 2 is 1.72 bits per heavy atom. The maximum Gasteiger partial charge on any atom is 0.410 e. The number of nitrogens with one attached hydrogen (secondary N) is 1. The molecular formula is C36H43ClN2O7. The van der Waals surface area contributed by atoms with Crippen LogP contribution in [-0.2, 0) is 27.1 Å². The van der Waals surface area contributed by atoms with Gasteiger partial charge in [-0.3, -0.25) is 4.79 Å². The fourth-order valence-electron chi connectivity index (χ4n) is 5.16. The van der Waals surface area contributed by atoms with Gasteiger partial charge in [0.2, 0.25) is 5.91 Å². The Labute approximate surface area is 275 Å². The number of amides is 2. The van der Waals surface area contributed by atoms with Crippen LogP contribution >= 0.6 is 11.6 Å². The molecule has 1 aliphatic carbocycles. The molecule has 10 heteroatoms. The Morgan fingerprint density at radius 3 is 2.37 bits per heavy atom. The lowest BCUT2D eigenvalue weighted by Gasteiger charge is -2.37. The summed E-state index contributed by atoms with van der Waals surface area (Å²) in [5.41, 5.74) is 2.01. The molecule has 0 fully saturated rings. The summed E-state index contributed by atoms with van der Waals surface area (Å²) in [6.07, 6.45) is 0.458. The lowest BCUT2D eigenvalue weighted by atomic mass is 9.87. The highest BCUT2D eigenvalue weighted by Crippen LogP contribution is 2.33. The van der Waals surface area contributed by atoms with Crippen molar-refractivity contribution in [2.24, 2.45) is 5.41 Å². The third-order valence-electron chi connectivity index (χ3n) is 7.55. The minimum absolute atomic E-state index is 0.0365. The van der Waals surface area contributed by atoms with Gasteiger partial charge in [0.15, 0.2) is 0 Å². The van der Waals surface area contributed by atoms with Crippen molar-refractivity contribution < 1.29 is 33.7 Å². The van der Waals surface area contributed by atoms with Crippen molar-refractivity contribution in [3.05, 3.63) is 87.9 Å². The average molecular weight is 651 g/mol. The van der Waals surface area contributed by atoms with E-state index in [1.807, 2.05) is 39.0 Å². The Balaban J connectivity index is 1.59. The predicted octanol–water partition coefficient (Wildman–Crippen LogP) is 7.73. The third kappa shape index (κ3) is 9.23. The zero-order valence-corrected chi connectivity index (χ0v) is 28.2. The van der Waals surface area contributed by atoms with Gasteiger partial charge >= 0.3 is 12.1 Å². The van der Waals surface area contributed by atoms with E-state index in [0.717, 1.165) is 11.1 Å². The molecule has 0 aliphatic heterocycles. The van der Waals surface area contributed by atoms with Gasteiger partial charge in [0.25, 0.3) is 0 Å². The first-order valence-electron chi connectivity index (χ1n) is 15.3. The molecule has 0 saturated carbocycles. The zero-order valence-electron chi connectivity index (χ0n) is 27.5. The van der Waals surface area contributed by atoms with Crippen LogP contribution in [0.4, 0.5) is 10.5 Å². The molecule has 46 heavy (non-hydrogen) atoms. The van der Waals surface area contributed by atoms with Gasteiger partial charge in [0.05, 0.1) is 25.3 Å². The molecule has 0 spiro atoms. The number of hydrogen-bond donors (Lipinski definition) is 2. The number of esters is 1. The second kappa shape index (κ2) is 14.1. The number of benzene rings is 3. The zero-order chi connectivity index (χ0) is 33.8. The predicted molar refractivity (Wildman–Crippen MR) is 178 cm³/mol. The smallest absolute Gasteiger partial charge is 0.410 e. The van der Waals surface area contributed by atoms with Crippen LogP contribution in [0.3, 0.4) is 0 Å². The Kier molecular flexibility index (Phi) is 10.7. The fraction of sp³-hybridized carbons (Fsp3) is 0.417. The van der Waals surface area contributed by atoms with E-state index >= 15 is 0 Å². The number of halogens is 1. The molecule has 9 nitrogen and oxygen atoms in total. The van der Waals surface area contributed by atoms with Gasteiger partial charge in [0, 0.05) is 28.2 Å². The van der Waals surface area contributed by atoms with Gasteiger partial charge in [-0.25, -0.2) is 9.59 Å². The van der Waals surface area contributed by atoms with Crippen molar-refractivity contribution in [3.8, 4) is 11.5 Å². The summed E-state index contributed by atoms with van der Waals surface area (Å²) < 4.78 is 16.9. The number of ether oxygens (including phenoxy) is 3. The van der Waals surface area contributed by atoms with Crippen molar-refractivity contribution in [3.63, 3.8) is 0 Å². The first-order valence-corrected chi connectivity index (χ1v) is 15.7. The molecular weight excluding hydrogens is 608 g/mol. The number of methoxy groups -OCH3 is 1. The summed E-state index contributed by atoms with van der Waals surface area (Å²) in [7, 11) is 1.29. The van der Waals surface area contributed by atoms with Crippen LogP contribution in [0.25, 0.3) is 0 Å². The number of anilines is 1. The molecule has 246 valence electrons. The number of hydrogen-bond acceptors (Lipinski definition) is 7. The second-order valence-electron chi connectivity index (χ2n) is 13.6. The van der Waals surface area contributed by atoms with E-state index in [2.05, 4.69) is 5.32 Å². The summed E-state index contributed by atoms with van der Waals surface area (Å²) in [6.45, 7) is 10.9. The number of aliphatic hydroxyl groups is 1. The second-order valence-corrected chi connectivity index (χ2v) is 14.0. The summed E-state index contributed by atoms with van der Waals surface area (Å²) >= 11 is 6.16. The number of carbonyl (C=O) groups excluding carboxylic acids is 3. The molecule has 3 aromatic carbocycles.